The van der Waals surface area contributed by atoms with E-state index in [4.69, 9.17) is 10.7 Å². The van der Waals surface area contributed by atoms with Crippen molar-refractivity contribution >= 4 is 26.4 Å². The highest BCUT2D eigenvalue weighted by Gasteiger charge is 2.18. The molecular weight excluding hydrogens is 254 g/mol. The first-order valence-corrected chi connectivity index (χ1v) is 7.54. The minimum absolute atomic E-state index is 0.0496. The van der Waals surface area contributed by atoms with Gasteiger partial charge >= 0.3 is 0 Å². The highest BCUT2D eigenvalue weighted by Crippen LogP contribution is 2.32. The molecule has 0 fully saturated rings. The average molecular weight is 273 g/mol. The van der Waals surface area contributed by atoms with Gasteiger partial charge in [0.2, 0.25) is 0 Å². The summed E-state index contributed by atoms with van der Waals surface area (Å²) in [6, 6.07) is 8.41. The van der Waals surface area contributed by atoms with Crippen molar-refractivity contribution in [1.82, 2.24) is 9.38 Å². The van der Waals surface area contributed by atoms with Crippen LogP contribution in [0.25, 0.3) is 15.0 Å². The summed E-state index contributed by atoms with van der Waals surface area (Å²) in [5.74, 6) is 1.58. The predicted molar refractivity (Wildman–Crippen MR) is 81.7 cm³/mol. The third-order valence-electron chi connectivity index (χ3n) is 3.25. The molecule has 2 aromatic heterocycles. The van der Waals surface area contributed by atoms with Crippen LogP contribution in [-0.4, -0.2) is 9.38 Å². The van der Waals surface area contributed by atoms with Crippen LogP contribution in [0.1, 0.15) is 38.3 Å². The lowest BCUT2D eigenvalue weighted by molar-refractivity contribution is 0.636. The van der Waals surface area contributed by atoms with Gasteiger partial charge in [0.25, 0.3) is 0 Å². The maximum atomic E-state index is 6.10. The summed E-state index contributed by atoms with van der Waals surface area (Å²) in [6.07, 6.45) is 1.00. The Morgan fingerprint density at radius 1 is 1.26 bits per heavy atom. The number of imidazole rings is 1. The minimum Gasteiger partial charge on any atom is -0.322 e. The lowest BCUT2D eigenvalue weighted by Crippen LogP contribution is -2.09. The van der Waals surface area contributed by atoms with Gasteiger partial charge in [-0.25, -0.2) is 4.98 Å². The molecule has 0 amide bonds. The molecule has 4 heteroatoms. The van der Waals surface area contributed by atoms with Gasteiger partial charge in [-0.3, -0.25) is 4.40 Å². The van der Waals surface area contributed by atoms with Gasteiger partial charge in [-0.1, -0.05) is 26.0 Å². The Labute approximate surface area is 117 Å². The summed E-state index contributed by atoms with van der Waals surface area (Å²) >= 11 is 1.81. The summed E-state index contributed by atoms with van der Waals surface area (Å²) < 4.78 is 3.54. The molecule has 19 heavy (non-hydrogen) atoms. The molecule has 1 aromatic carbocycles. The standard InChI is InChI=1S/C15H19N3S/c1-9(2)8-11-15-18(14(17-11)10(3)16)12-6-4-5-7-13(12)19-15/h4-7,9-10H,8,16H2,1-3H3. The van der Waals surface area contributed by atoms with Crippen molar-refractivity contribution in [2.45, 2.75) is 33.2 Å². The summed E-state index contributed by atoms with van der Waals surface area (Å²) in [4.78, 5) is 6.04. The largest absolute Gasteiger partial charge is 0.322 e. The summed E-state index contributed by atoms with van der Waals surface area (Å²) in [7, 11) is 0. The summed E-state index contributed by atoms with van der Waals surface area (Å²) in [5, 5.41) is 0. The molecule has 0 radical (unpaired) electrons. The molecular formula is C15H19N3S. The van der Waals surface area contributed by atoms with Gasteiger partial charge in [-0.2, -0.15) is 0 Å². The molecule has 3 aromatic rings. The fourth-order valence-electron chi connectivity index (χ4n) is 2.46. The van der Waals surface area contributed by atoms with Crippen LogP contribution in [0.15, 0.2) is 24.3 Å². The number of para-hydroxylation sites is 1. The highest BCUT2D eigenvalue weighted by molar-refractivity contribution is 7.24. The van der Waals surface area contributed by atoms with E-state index in [2.05, 4.69) is 42.5 Å². The van der Waals surface area contributed by atoms with Crippen molar-refractivity contribution in [3.05, 3.63) is 35.8 Å². The van der Waals surface area contributed by atoms with Crippen molar-refractivity contribution in [1.29, 1.82) is 0 Å². The Kier molecular flexibility index (Phi) is 3.07. The molecule has 0 spiro atoms. The molecule has 100 valence electrons. The van der Waals surface area contributed by atoms with Crippen LogP contribution in [0.2, 0.25) is 0 Å². The summed E-state index contributed by atoms with van der Waals surface area (Å²) in [5.41, 5.74) is 8.50. The van der Waals surface area contributed by atoms with Crippen LogP contribution >= 0.6 is 11.3 Å². The van der Waals surface area contributed by atoms with E-state index in [-0.39, 0.29) is 6.04 Å². The third-order valence-corrected chi connectivity index (χ3v) is 4.43. The van der Waals surface area contributed by atoms with Crippen LogP contribution in [0.4, 0.5) is 0 Å². The first-order valence-electron chi connectivity index (χ1n) is 6.72. The van der Waals surface area contributed by atoms with E-state index in [0.29, 0.717) is 5.92 Å². The number of fused-ring (bicyclic) bond motifs is 3. The molecule has 0 aliphatic rings. The molecule has 0 bridgehead atoms. The van der Waals surface area contributed by atoms with Crippen LogP contribution in [0.5, 0.6) is 0 Å². The molecule has 2 heterocycles. The number of hydrogen-bond donors (Lipinski definition) is 1. The maximum absolute atomic E-state index is 6.10. The van der Waals surface area contributed by atoms with Gasteiger partial charge in [0.05, 0.1) is 22.0 Å². The van der Waals surface area contributed by atoms with E-state index in [1.165, 1.54) is 20.7 Å². The zero-order valence-corrected chi connectivity index (χ0v) is 12.4. The first-order chi connectivity index (χ1) is 9.08. The van der Waals surface area contributed by atoms with Gasteiger partial charge in [0.1, 0.15) is 10.7 Å². The highest BCUT2D eigenvalue weighted by atomic mass is 32.1. The second-order valence-electron chi connectivity index (χ2n) is 5.51. The second-order valence-corrected chi connectivity index (χ2v) is 6.54. The number of rotatable bonds is 3. The smallest absolute Gasteiger partial charge is 0.131 e. The number of nitrogens with zero attached hydrogens (tertiary/aromatic N) is 2. The second kappa shape index (κ2) is 4.62. The number of nitrogens with two attached hydrogens (primary N) is 1. The number of hydrogen-bond acceptors (Lipinski definition) is 3. The van der Waals surface area contributed by atoms with Crippen molar-refractivity contribution in [2.24, 2.45) is 11.7 Å². The topological polar surface area (TPSA) is 43.3 Å². The zero-order valence-electron chi connectivity index (χ0n) is 11.6. The van der Waals surface area contributed by atoms with Crippen LogP contribution in [-0.2, 0) is 6.42 Å². The fourth-order valence-corrected chi connectivity index (χ4v) is 3.61. The zero-order chi connectivity index (χ0) is 13.6. The van der Waals surface area contributed by atoms with Crippen LogP contribution < -0.4 is 5.73 Å². The average Bonchev–Trinajstić information content (AvgIpc) is 2.87. The SMILES string of the molecule is CC(C)Cc1nc(C(C)N)n2c1sc1ccccc12. The lowest BCUT2D eigenvalue weighted by atomic mass is 10.1. The quantitative estimate of drug-likeness (QED) is 0.789. The van der Waals surface area contributed by atoms with Crippen molar-refractivity contribution in [3.8, 4) is 0 Å². The van der Waals surface area contributed by atoms with Crippen LogP contribution in [0, 0.1) is 5.92 Å². The number of thiazole rings is 1. The molecule has 3 rings (SSSR count). The van der Waals surface area contributed by atoms with Crippen molar-refractivity contribution < 1.29 is 0 Å². The van der Waals surface area contributed by atoms with Gasteiger partial charge in [0, 0.05) is 0 Å². The maximum Gasteiger partial charge on any atom is 0.131 e. The molecule has 0 aliphatic heterocycles. The Hall–Kier alpha value is -1.39. The van der Waals surface area contributed by atoms with E-state index in [1.807, 2.05) is 18.3 Å². The molecule has 0 saturated heterocycles. The Morgan fingerprint density at radius 2 is 2.00 bits per heavy atom. The van der Waals surface area contributed by atoms with Gasteiger partial charge in [-0.15, -0.1) is 11.3 Å². The molecule has 1 atom stereocenters. The van der Waals surface area contributed by atoms with Crippen LogP contribution in [0.3, 0.4) is 0 Å². The van der Waals surface area contributed by atoms with E-state index < -0.39 is 0 Å². The molecule has 1 unspecified atom stereocenters. The van der Waals surface area contributed by atoms with Crippen molar-refractivity contribution in [2.75, 3.05) is 0 Å². The first kappa shape index (κ1) is 12.6. The van der Waals surface area contributed by atoms with Gasteiger partial charge < -0.3 is 5.73 Å². The van der Waals surface area contributed by atoms with E-state index in [1.54, 1.807) is 0 Å². The molecule has 0 saturated carbocycles. The molecule has 2 N–H and O–H groups in total. The Morgan fingerprint density at radius 3 is 2.68 bits per heavy atom. The lowest BCUT2D eigenvalue weighted by Gasteiger charge is -2.03. The van der Waals surface area contributed by atoms with E-state index in [9.17, 15) is 0 Å². The summed E-state index contributed by atoms with van der Waals surface area (Å²) in [6.45, 7) is 6.45. The minimum atomic E-state index is -0.0496. The van der Waals surface area contributed by atoms with Gasteiger partial charge in [0.15, 0.2) is 0 Å². The Balaban J connectivity index is 2.34. The fraction of sp³-hybridized carbons (Fsp3) is 0.400. The predicted octanol–water partition coefficient (Wildman–Crippen LogP) is 3.77. The molecule has 3 nitrogen and oxygen atoms in total. The normalized spacial score (nSPS) is 13.7. The van der Waals surface area contributed by atoms with Gasteiger partial charge in [-0.05, 0) is 31.4 Å². The monoisotopic (exact) mass is 273 g/mol. The van der Waals surface area contributed by atoms with E-state index >= 15 is 0 Å². The molecule has 0 aliphatic carbocycles. The van der Waals surface area contributed by atoms with E-state index in [0.717, 1.165) is 12.2 Å². The number of benzene rings is 1. The third kappa shape index (κ3) is 2.05. The Bertz CT molecular complexity index is 721. The van der Waals surface area contributed by atoms with Crippen molar-refractivity contribution in [3.63, 3.8) is 0 Å². The number of aromatic nitrogens is 2.